The molecule has 2 saturated carbocycles. The first-order valence-electron chi connectivity index (χ1n) is 8.70. The Morgan fingerprint density at radius 3 is 2.60 bits per heavy atom. The molecule has 25 heavy (non-hydrogen) atoms. The van der Waals surface area contributed by atoms with Crippen molar-refractivity contribution in [3.63, 3.8) is 0 Å². The summed E-state index contributed by atoms with van der Waals surface area (Å²) in [7, 11) is 0. The van der Waals surface area contributed by atoms with Crippen LogP contribution >= 0.6 is 24.0 Å². The number of nitrogens with two attached hydrogens (primary N) is 1. The SMILES string of the molecule is CCOC1CC(N)(C(=O)NCC2(c3cccc(Cl)c3)CC2)C1(C)C.Cl. The Hall–Kier alpha value is -0.810. The maximum atomic E-state index is 12.8. The molecule has 4 nitrogen and oxygen atoms in total. The van der Waals surface area contributed by atoms with Crippen molar-refractivity contribution >= 4 is 29.9 Å². The molecule has 2 atom stereocenters. The zero-order valence-corrected chi connectivity index (χ0v) is 16.7. The fourth-order valence-electron chi connectivity index (χ4n) is 3.76. The van der Waals surface area contributed by atoms with Gasteiger partial charge in [0.05, 0.1) is 6.10 Å². The lowest BCUT2D eigenvalue weighted by Gasteiger charge is -2.57. The van der Waals surface area contributed by atoms with Crippen LogP contribution in [0.3, 0.4) is 0 Å². The minimum atomic E-state index is -0.864. The van der Waals surface area contributed by atoms with Crippen molar-refractivity contribution in [3.05, 3.63) is 34.9 Å². The van der Waals surface area contributed by atoms with Gasteiger partial charge in [-0.3, -0.25) is 4.79 Å². The van der Waals surface area contributed by atoms with Gasteiger partial charge in [0.2, 0.25) is 5.91 Å². The summed E-state index contributed by atoms with van der Waals surface area (Å²) in [6.45, 7) is 7.25. The second-order valence-electron chi connectivity index (χ2n) is 7.81. The van der Waals surface area contributed by atoms with Crippen LogP contribution in [0.4, 0.5) is 0 Å². The molecule has 140 valence electrons. The molecule has 0 heterocycles. The fraction of sp³-hybridized carbons (Fsp3) is 0.632. The number of halogens is 2. The lowest BCUT2D eigenvalue weighted by Crippen LogP contribution is -2.76. The molecule has 0 saturated heterocycles. The molecular weight excluding hydrogens is 359 g/mol. The van der Waals surface area contributed by atoms with E-state index in [1.165, 1.54) is 5.56 Å². The average Bonchev–Trinajstić information content (AvgIpc) is 3.33. The fourth-order valence-corrected chi connectivity index (χ4v) is 3.95. The zero-order valence-electron chi connectivity index (χ0n) is 15.1. The normalized spacial score (nSPS) is 28.4. The molecule has 0 aromatic heterocycles. The Labute approximate surface area is 161 Å². The highest BCUT2D eigenvalue weighted by Crippen LogP contribution is 2.51. The number of carbonyl (C=O) groups excluding carboxylic acids is 1. The van der Waals surface area contributed by atoms with Gasteiger partial charge in [-0.15, -0.1) is 12.4 Å². The van der Waals surface area contributed by atoms with Gasteiger partial charge in [-0.25, -0.2) is 0 Å². The van der Waals surface area contributed by atoms with Gasteiger partial charge in [0.15, 0.2) is 0 Å². The van der Waals surface area contributed by atoms with Crippen LogP contribution in [0.25, 0.3) is 0 Å². The molecule has 0 aliphatic heterocycles. The third-order valence-corrected chi connectivity index (χ3v) is 6.35. The average molecular weight is 387 g/mol. The molecule has 2 fully saturated rings. The molecule has 0 spiro atoms. The van der Waals surface area contributed by atoms with Crippen LogP contribution in [-0.4, -0.2) is 30.7 Å². The van der Waals surface area contributed by atoms with Crippen molar-refractivity contribution in [2.24, 2.45) is 11.1 Å². The standard InChI is InChI=1S/C19H27ClN2O2.ClH/c1-4-24-15-11-19(21,17(15,2)3)16(23)22-12-18(8-9-18)13-6-5-7-14(20)10-13;/h5-7,10,15H,4,8-9,11-12,21H2,1-3H3,(H,22,23);1H. The van der Waals surface area contributed by atoms with Crippen LogP contribution < -0.4 is 11.1 Å². The van der Waals surface area contributed by atoms with E-state index in [4.69, 9.17) is 22.1 Å². The summed E-state index contributed by atoms with van der Waals surface area (Å²) in [4.78, 5) is 12.8. The Bertz CT molecular complexity index is 646. The molecular formula is C19H28Cl2N2O2. The molecule has 6 heteroatoms. The van der Waals surface area contributed by atoms with Gasteiger partial charge in [0.1, 0.15) is 5.54 Å². The van der Waals surface area contributed by atoms with E-state index in [1.54, 1.807) is 0 Å². The summed E-state index contributed by atoms with van der Waals surface area (Å²) in [6.07, 6.45) is 2.75. The second-order valence-corrected chi connectivity index (χ2v) is 8.25. The highest BCUT2D eigenvalue weighted by atomic mass is 35.5. The molecule has 3 rings (SSSR count). The third kappa shape index (κ3) is 3.42. The van der Waals surface area contributed by atoms with Crippen molar-refractivity contribution in [3.8, 4) is 0 Å². The molecule has 1 aromatic carbocycles. The summed E-state index contributed by atoms with van der Waals surface area (Å²) in [5.74, 6) is -0.0724. The molecule has 1 amide bonds. The number of ether oxygens (including phenoxy) is 1. The highest BCUT2D eigenvalue weighted by Gasteiger charge is 2.63. The summed E-state index contributed by atoms with van der Waals surface area (Å²) < 4.78 is 5.70. The lowest BCUT2D eigenvalue weighted by molar-refractivity contribution is -0.170. The smallest absolute Gasteiger partial charge is 0.240 e. The van der Waals surface area contributed by atoms with Gasteiger partial charge >= 0.3 is 0 Å². The van der Waals surface area contributed by atoms with Gasteiger partial charge in [-0.2, -0.15) is 0 Å². The van der Waals surface area contributed by atoms with E-state index < -0.39 is 5.54 Å². The van der Waals surface area contributed by atoms with E-state index in [1.807, 2.05) is 39.0 Å². The maximum absolute atomic E-state index is 12.8. The van der Waals surface area contributed by atoms with Gasteiger partial charge in [0.25, 0.3) is 0 Å². The number of rotatable bonds is 6. The first kappa shape index (κ1) is 20.5. The topological polar surface area (TPSA) is 64.3 Å². The highest BCUT2D eigenvalue weighted by molar-refractivity contribution is 6.30. The van der Waals surface area contributed by atoms with Gasteiger partial charge in [-0.05, 0) is 37.5 Å². The van der Waals surface area contributed by atoms with Gasteiger partial charge in [0, 0.05) is 35.4 Å². The van der Waals surface area contributed by atoms with E-state index in [2.05, 4.69) is 11.4 Å². The summed E-state index contributed by atoms with van der Waals surface area (Å²) in [6, 6.07) is 7.92. The lowest BCUT2D eigenvalue weighted by atomic mass is 9.54. The molecule has 0 bridgehead atoms. The van der Waals surface area contributed by atoms with Crippen LogP contribution in [0.5, 0.6) is 0 Å². The number of amides is 1. The minimum Gasteiger partial charge on any atom is -0.378 e. The first-order valence-corrected chi connectivity index (χ1v) is 9.08. The van der Waals surface area contributed by atoms with E-state index in [9.17, 15) is 4.79 Å². The van der Waals surface area contributed by atoms with Gasteiger partial charge in [-0.1, -0.05) is 37.6 Å². The predicted molar refractivity (Wildman–Crippen MR) is 103 cm³/mol. The zero-order chi connectivity index (χ0) is 17.6. The van der Waals surface area contributed by atoms with Crippen molar-refractivity contribution in [2.75, 3.05) is 13.2 Å². The van der Waals surface area contributed by atoms with E-state index in [-0.39, 0.29) is 35.2 Å². The molecule has 0 radical (unpaired) electrons. The second kappa shape index (κ2) is 7.07. The number of benzene rings is 1. The van der Waals surface area contributed by atoms with Crippen molar-refractivity contribution in [1.82, 2.24) is 5.32 Å². The first-order chi connectivity index (χ1) is 11.2. The molecule has 2 aliphatic rings. The molecule has 2 aliphatic carbocycles. The van der Waals surface area contributed by atoms with Crippen molar-refractivity contribution in [2.45, 2.75) is 57.1 Å². The van der Waals surface area contributed by atoms with Crippen molar-refractivity contribution < 1.29 is 9.53 Å². The maximum Gasteiger partial charge on any atom is 0.240 e. The molecule has 2 unspecified atom stereocenters. The summed E-state index contributed by atoms with van der Waals surface area (Å²) in [5.41, 5.74) is 6.43. The Balaban J connectivity index is 0.00000225. The van der Waals surface area contributed by atoms with Crippen LogP contribution in [0.1, 0.15) is 45.6 Å². The van der Waals surface area contributed by atoms with Gasteiger partial charge < -0.3 is 15.8 Å². The summed E-state index contributed by atoms with van der Waals surface area (Å²) in [5, 5.41) is 3.84. The summed E-state index contributed by atoms with van der Waals surface area (Å²) >= 11 is 6.11. The van der Waals surface area contributed by atoms with Crippen molar-refractivity contribution in [1.29, 1.82) is 0 Å². The minimum absolute atomic E-state index is 0. The quantitative estimate of drug-likeness (QED) is 0.786. The Morgan fingerprint density at radius 1 is 1.40 bits per heavy atom. The number of nitrogens with one attached hydrogen (secondary N) is 1. The Kier molecular flexibility index (Phi) is 5.80. The van der Waals surface area contributed by atoms with E-state index >= 15 is 0 Å². The number of hydrogen-bond acceptors (Lipinski definition) is 3. The van der Waals surface area contributed by atoms with Crippen LogP contribution in [0, 0.1) is 5.41 Å². The Morgan fingerprint density at radius 2 is 2.08 bits per heavy atom. The predicted octanol–water partition coefficient (Wildman–Crippen LogP) is 3.44. The monoisotopic (exact) mass is 386 g/mol. The van der Waals surface area contributed by atoms with E-state index in [0.29, 0.717) is 19.6 Å². The van der Waals surface area contributed by atoms with Crippen LogP contribution in [0.15, 0.2) is 24.3 Å². The number of carbonyl (C=O) groups is 1. The third-order valence-electron chi connectivity index (χ3n) is 6.11. The number of hydrogen-bond donors (Lipinski definition) is 2. The van der Waals surface area contributed by atoms with Crippen LogP contribution in [-0.2, 0) is 14.9 Å². The molecule has 3 N–H and O–H groups in total. The van der Waals surface area contributed by atoms with E-state index in [0.717, 1.165) is 17.9 Å². The molecule has 1 aromatic rings. The van der Waals surface area contributed by atoms with Crippen LogP contribution in [0.2, 0.25) is 5.02 Å². The largest absolute Gasteiger partial charge is 0.378 e.